The van der Waals surface area contributed by atoms with E-state index < -0.39 is 11.9 Å². The van der Waals surface area contributed by atoms with Gasteiger partial charge in [0.05, 0.1) is 35.0 Å². The smallest absolute Gasteiger partial charge is 0.345 e. The Bertz CT molecular complexity index is 1870. The predicted octanol–water partition coefficient (Wildman–Crippen LogP) is 7.01. The zero-order valence-corrected chi connectivity index (χ0v) is 23.0. The molecule has 0 saturated carbocycles. The van der Waals surface area contributed by atoms with Gasteiger partial charge in [-0.3, -0.25) is 4.79 Å². The second-order valence-electron chi connectivity index (χ2n) is 8.67. The van der Waals surface area contributed by atoms with Crippen molar-refractivity contribution in [2.24, 2.45) is 5.10 Å². The zero-order valence-electron chi connectivity index (χ0n) is 21.4. The summed E-state index contributed by atoms with van der Waals surface area (Å²) in [5.74, 6) is -0.695. The zero-order chi connectivity index (χ0) is 28.9. The van der Waals surface area contributed by atoms with Gasteiger partial charge >= 0.3 is 5.97 Å². The summed E-state index contributed by atoms with van der Waals surface area (Å²) >= 11 is 12.6. The fourth-order valence-corrected chi connectivity index (χ4v) is 4.72. The van der Waals surface area contributed by atoms with Gasteiger partial charge in [-0.15, -0.1) is 0 Å². The van der Waals surface area contributed by atoms with Crippen molar-refractivity contribution in [3.63, 3.8) is 0 Å². The van der Waals surface area contributed by atoms with Gasteiger partial charge in [0, 0.05) is 21.5 Å². The minimum absolute atomic E-state index is 0.189. The lowest BCUT2D eigenvalue weighted by molar-refractivity contribution is 0.0729. The Morgan fingerprint density at radius 2 is 1.71 bits per heavy atom. The summed E-state index contributed by atoms with van der Waals surface area (Å²) in [7, 11) is 1.44. The number of rotatable bonds is 7. The Hall–Kier alpha value is -5.10. The van der Waals surface area contributed by atoms with Crippen molar-refractivity contribution in [1.82, 2.24) is 10.4 Å². The maximum Gasteiger partial charge on any atom is 0.345 e. The normalized spacial score (nSPS) is 10.9. The number of nitriles is 1. The van der Waals surface area contributed by atoms with Gasteiger partial charge in [0.2, 0.25) is 0 Å². The molecule has 0 aliphatic carbocycles. The molecular formula is C31H20Cl2N4O4. The van der Waals surface area contributed by atoms with Crippen LogP contribution in [0.15, 0.2) is 90.0 Å². The molecule has 202 valence electrons. The Labute approximate surface area is 244 Å². The molecule has 5 aromatic rings. The van der Waals surface area contributed by atoms with Crippen LogP contribution in [0.2, 0.25) is 10.0 Å². The standard InChI is InChI=1S/C31H20Cl2N4O4/c1-40-26-15-18(13-14-25(26)41-31(39)21-9-3-5-12-24(21)33)17-35-37-30(38)29-27(20-8-2-4-11-23(20)32)22-10-6-7-19(16-34)28(22)36-29/h2-15,17,36H,1H3,(H,37,38). The molecule has 0 fully saturated rings. The Morgan fingerprint density at radius 3 is 2.44 bits per heavy atom. The molecule has 1 amide bonds. The highest BCUT2D eigenvalue weighted by molar-refractivity contribution is 6.34. The minimum Gasteiger partial charge on any atom is -0.493 e. The number of hydrazone groups is 1. The Kier molecular flexibility index (Phi) is 8.01. The molecule has 10 heteroatoms. The van der Waals surface area contributed by atoms with Crippen LogP contribution in [0.5, 0.6) is 11.5 Å². The summed E-state index contributed by atoms with van der Waals surface area (Å²) in [6.45, 7) is 0. The van der Waals surface area contributed by atoms with Crippen LogP contribution < -0.4 is 14.9 Å². The second-order valence-corrected chi connectivity index (χ2v) is 9.49. The molecule has 1 aromatic heterocycles. The summed E-state index contributed by atoms with van der Waals surface area (Å²) in [6.07, 6.45) is 1.42. The molecule has 1 heterocycles. The number of aromatic amines is 1. The molecule has 0 atom stereocenters. The lowest BCUT2D eigenvalue weighted by atomic mass is 10.0. The third kappa shape index (κ3) is 5.63. The second kappa shape index (κ2) is 12.0. The fraction of sp³-hybridized carbons (Fsp3) is 0.0323. The molecule has 0 spiro atoms. The van der Waals surface area contributed by atoms with Gasteiger partial charge in [-0.05, 0) is 48.0 Å². The van der Waals surface area contributed by atoms with Gasteiger partial charge in [-0.2, -0.15) is 10.4 Å². The summed E-state index contributed by atoms with van der Waals surface area (Å²) in [5.41, 5.74) is 5.61. The molecule has 41 heavy (non-hydrogen) atoms. The number of fused-ring (bicyclic) bond motifs is 1. The first-order chi connectivity index (χ1) is 19.9. The average molecular weight is 583 g/mol. The summed E-state index contributed by atoms with van der Waals surface area (Å²) in [6, 6.07) is 25.9. The van der Waals surface area contributed by atoms with Crippen molar-refractivity contribution in [1.29, 1.82) is 5.26 Å². The van der Waals surface area contributed by atoms with E-state index in [9.17, 15) is 14.9 Å². The van der Waals surface area contributed by atoms with E-state index in [0.29, 0.717) is 38.2 Å². The number of ether oxygens (including phenoxy) is 2. The molecule has 0 bridgehead atoms. The van der Waals surface area contributed by atoms with Gasteiger partial charge in [0.25, 0.3) is 5.91 Å². The van der Waals surface area contributed by atoms with Gasteiger partial charge in [0.15, 0.2) is 11.5 Å². The summed E-state index contributed by atoms with van der Waals surface area (Å²) in [5, 5.41) is 15.1. The molecule has 5 rings (SSSR count). The molecule has 0 aliphatic heterocycles. The number of H-pyrrole nitrogens is 1. The van der Waals surface area contributed by atoms with Gasteiger partial charge < -0.3 is 14.5 Å². The number of methoxy groups -OCH3 is 1. The molecule has 4 aromatic carbocycles. The van der Waals surface area contributed by atoms with Crippen LogP contribution in [0.4, 0.5) is 0 Å². The van der Waals surface area contributed by atoms with Crippen molar-refractivity contribution < 1.29 is 19.1 Å². The van der Waals surface area contributed by atoms with E-state index in [-0.39, 0.29) is 27.8 Å². The van der Waals surface area contributed by atoms with Crippen molar-refractivity contribution in [3.05, 3.63) is 117 Å². The van der Waals surface area contributed by atoms with Gasteiger partial charge in [0.1, 0.15) is 11.8 Å². The first-order valence-corrected chi connectivity index (χ1v) is 12.9. The number of nitrogens with one attached hydrogen (secondary N) is 2. The number of benzene rings is 4. The van der Waals surface area contributed by atoms with Gasteiger partial charge in [-0.1, -0.05) is 65.7 Å². The Morgan fingerprint density at radius 1 is 0.951 bits per heavy atom. The molecular weight excluding hydrogens is 563 g/mol. The third-order valence-corrected chi connectivity index (χ3v) is 6.85. The summed E-state index contributed by atoms with van der Waals surface area (Å²) < 4.78 is 10.8. The number of esters is 1. The largest absolute Gasteiger partial charge is 0.493 e. The predicted molar refractivity (Wildman–Crippen MR) is 158 cm³/mol. The maximum absolute atomic E-state index is 13.3. The topological polar surface area (TPSA) is 117 Å². The number of carbonyl (C=O) groups is 2. The van der Waals surface area contributed by atoms with Gasteiger partial charge in [-0.25, -0.2) is 10.2 Å². The number of hydrogen-bond acceptors (Lipinski definition) is 6. The molecule has 0 saturated heterocycles. The van der Waals surface area contributed by atoms with Crippen LogP contribution in [0, 0.1) is 11.3 Å². The number of carbonyl (C=O) groups excluding carboxylic acids is 2. The first kappa shape index (κ1) is 27.5. The van der Waals surface area contributed by atoms with E-state index >= 15 is 0 Å². The lowest BCUT2D eigenvalue weighted by Crippen LogP contribution is -2.19. The van der Waals surface area contributed by atoms with E-state index in [0.717, 1.165) is 0 Å². The quantitative estimate of drug-likeness (QED) is 0.0926. The third-order valence-electron chi connectivity index (χ3n) is 6.19. The monoisotopic (exact) mass is 582 g/mol. The highest BCUT2D eigenvalue weighted by Crippen LogP contribution is 2.37. The van der Waals surface area contributed by atoms with E-state index in [2.05, 4.69) is 21.6 Å². The average Bonchev–Trinajstić information content (AvgIpc) is 3.38. The van der Waals surface area contributed by atoms with E-state index in [1.165, 1.54) is 13.3 Å². The van der Waals surface area contributed by atoms with Crippen molar-refractivity contribution in [2.45, 2.75) is 0 Å². The SMILES string of the molecule is COc1cc(C=NNC(=O)c2[nH]c3c(C#N)cccc3c2-c2ccccc2Cl)ccc1OC(=O)c1ccccc1Cl. The van der Waals surface area contributed by atoms with E-state index in [1.54, 1.807) is 72.8 Å². The number of halogens is 2. The fourth-order valence-electron chi connectivity index (χ4n) is 4.28. The van der Waals surface area contributed by atoms with Crippen molar-refractivity contribution >= 4 is 52.2 Å². The molecule has 8 nitrogen and oxygen atoms in total. The van der Waals surface area contributed by atoms with E-state index in [4.69, 9.17) is 32.7 Å². The number of para-hydroxylation sites is 1. The van der Waals surface area contributed by atoms with Crippen LogP contribution in [-0.2, 0) is 0 Å². The molecule has 0 unspecified atom stereocenters. The highest BCUT2D eigenvalue weighted by atomic mass is 35.5. The van der Waals surface area contributed by atoms with Crippen LogP contribution in [0.1, 0.15) is 32.0 Å². The van der Waals surface area contributed by atoms with Crippen LogP contribution in [0.3, 0.4) is 0 Å². The molecule has 0 radical (unpaired) electrons. The summed E-state index contributed by atoms with van der Waals surface area (Å²) in [4.78, 5) is 28.9. The number of amides is 1. The molecule has 0 aliphatic rings. The van der Waals surface area contributed by atoms with Crippen LogP contribution >= 0.6 is 23.2 Å². The highest BCUT2D eigenvalue weighted by Gasteiger charge is 2.22. The van der Waals surface area contributed by atoms with Crippen molar-refractivity contribution in [2.75, 3.05) is 7.11 Å². The first-order valence-electron chi connectivity index (χ1n) is 12.2. The minimum atomic E-state index is -0.630. The molecule has 2 N–H and O–H groups in total. The van der Waals surface area contributed by atoms with E-state index in [1.807, 2.05) is 12.1 Å². The maximum atomic E-state index is 13.3. The number of hydrogen-bond donors (Lipinski definition) is 2. The number of nitrogens with zero attached hydrogens (tertiary/aromatic N) is 2. The number of aromatic nitrogens is 1. The van der Waals surface area contributed by atoms with Crippen LogP contribution in [0.25, 0.3) is 22.0 Å². The van der Waals surface area contributed by atoms with Crippen molar-refractivity contribution in [3.8, 4) is 28.7 Å². The Balaban J connectivity index is 1.39. The lowest BCUT2D eigenvalue weighted by Gasteiger charge is -2.10. The van der Waals surface area contributed by atoms with Crippen LogP contribution in [-0.4, -0.2) is 30.2 Å².